The summed E-state index contributed by atoms with van der Waals surface area (Å²) in [6.45, 7) is 13.6. The topological polar surface area (TPSA) is 95.8 Å². The minimum absolute atomic E-state index is 0.111. The lowest BCUT2D eigenvalue weighted by atomic mass is 9.82. The first-order chi connectivity index (χ1) is 19.1. The number of hydrogen-bond acceptors (Lipinski definition) is 6. The van der Waals surface area contributed by atoms with Gasteiger partial charge in [0, 0.05) is 42.5 Å². The first-order valence-corrected chi connectivity index (χ1v) is 14.2. The molecule has 0 unspecified atom stereocenters. The Kier molecular flexibility index (Phi) is 10.7. The lowest BCUT2D eigenvalue weighted by Crippen LogP contribution is -2.38. The van der Waals surface area contributed by atoms with Crippen LogP contribution in [0.5, 0.6) is 5.75 Å². The monoisotopic (exact) mass is 585 g/mol. The van der Waals surface area contributed by atoms with E-state index >= 15 is 0 Å². The maximum atomic E-state index is 13.1. The second-order valence-corrected chi connectivity index (χ2v) is 12.6. The van der Waals surface area contributed by atoms with Gasteiger partial charge in [0.1, 0.15) is 5.82 Å². The van der Waals surface area contributed by atoms with E-state index in [2.05, 4.69) is 28.7 Å². The predicted octanol–water partition coefficient (Wildman–Crippen LogP) is 6.90. The number of benzene rings is 1. The van der Waals surface area contributed by atoms with Gasteiger partial charge in [-0.3, -0.25) is 14.8 Å². The van der Waals surface area contributed by atoms with Crippen molar-refractivity contribution in [3.63, 3.8) is 0 Å². The molecule has 1 aliphatic heterocycles. The fourth-order valence-electron chi connectivity index (χ4n) is 4.48. The maximum absolute atomic E-state index is 13.1. The molecule has 0 atom stereocenters. The Morgan fingerprint density at radius 1 is 1.12 bits per heavy atom. The van der Waals surface area contributed by atoms with Crippen molar-refractivity contribution >= 4 is 23.3 Å². The van der Waals surface area contributed by atoms with Crippen LogP contribution >= 0.6 is 11.6 Å². The Labute approximate surface area is 247 Å². The number of carboxylic acids is 1. The van der Waals surface area contributed by atoms with Gasteiger partial charge in [-0.15, -0.1) is 0 Å². The van der Waals surface area contributed by atoms with Crippen LogP contribution in [0.3, 0.4) is 0 Å². The molecule has 0 amide bonds. The third kappa shape index (κ3) is 9.97. The lowest BCUT2D eigenvalue weighted by molar-refractivity contribution is -0.136. The fraction of sp³-hybridized carbons (Fsp3) is 0.469. The van der Waals surface area contributed by atoms with Crippen molar-refractivity contribution in [1.82, 2.24) is 9.97 Å². The summed E-state index contributed by atoms with van der Waals surface area (Å²) in [4.78, 5) is 23.1. The molecule has 0 saturated carbocycles. The molecule has 3 aromatic rings. The third-order valence-electron chi connectivity index (χ3n) is 6.78. The number of halogens is 2. The van der Waals surface area contributed by atoms with E-state index < -0.39 is 11.6 Å². The molecule has 0 bridgehead atoms. The van der Waals surface area contributed by atoms with Crippen LogP contribution in [-0.4, -0.2) is 51.4 Å². The van der Waals surface area contributed by atoms with Gasteiger partial charge in [-0.05, 0) is 69.7 Å². The molecule has 1 aromatic carbocycles. The zero-order valence-corrected chi connectivity index (χ0v) is 25.6. The smallest absolute Gasteiger partial charge is 0.307 e. The molecule has 1 aliphatic rings. The third-order valence-corrected chi connectivity index (χ3v) is 7.08. The Hall–Kier alpha value is -3.23. The highest BCUT2D eigenvalue weighted by atomic mass is 35.5. The molecular weight excluding hydrogens is 545 g/mol. The Morgan fingerprint density at radius 3 is 2.29 bits per heavy atom. The molecule has 222 valence electrons. The molecule has 1 fully saturated rings. The van der Waals surface area contributed by atoms with Crippen LogP contribution in [-0.2, 0) is 17.6 Å². The van der Waals surface area contributed by atoms with Gasteiger partial charge >= 0.3 is 5.97 Å². The van der Waals surface area contributed by atoms with Crippen LogP contribution in [0.2, 0.25) is 5.02 Å². The zero-order chi connectivity index (χ0) is 30.4. The Morgan fingerprint density at radius 2 is 1.73 bits per heavy atom. The van der Waals surface area contributed by atoms with Crippen LogP contribution in [0.25, 0.3) is 11.3 Å². The number of anilines is 1. The van der Waals surface area contributed by atoms with Crippen molar-refractivity contribution in [2.45, 2.75) is 72.8 Å². The van der Waals surface area contributed by atoms with E-state index in [9.17, 15) is 14.3 Å². The largest absolute Gasteiger partial charge is 0.490 e. The van der Waals surface area contributed by atoms with E-state index in [-0.39, 0.29) is 17.7 Å². The lowest BCUT2D eigenvalue weighted by Gasteiger charge is -2.40. The first-order valence-electron chi connectivity index (χ1n) is 13.8. The summed E-state index contributed by atoms with van der Waals surface area (Å²) < 4.78 is 18.9. The van der Waals surface area contributed by atoms with Gasteiger partial charge < -0.3 is 19.8 Å². The van der Waals surface area contributed by atoms with Crippen molar-refractivity contribution < 1.29 is 24.1 Å². The first kappa shape index (κ1) is 32.3. The summed E-state index contributed by atoms with van der Waals surface area (Å²) in [6, 6.07) is 8.04. The van der Waals surface area contributed by atoms with E-state index in [4.69, 9.17) is 21.4 Å². The number of aryl methyl sites for hydroxylation is 1. The Balaban J connectivity index is 0.000000850. The van der Waals surface area contributed by atoms with Crippen LogP contribution in [0.1, 0.15) is 64.3 Å². The van der Waals surface area contributed by atoms with E-state index in [1.165, 1.54) is 12.1 Å². The average molecular weight is 586 g/mol. The van der Waals surface area contributed by atoms with Crippen molar-refractivity contribution in [2.24, 2.45) is 5.41 Å². The Bertz CT molecular complexity index is 1320. The number of aliphatic carboxylic acids is 1. The molecule has 3 heterocycles. The SMILES string of the molecule is CC(C)(C)O.Cc1ncc(-c2cc(Cl)c(OCCc3ccc(F)cc3)cn2)c(N2CCC(C)(C)CC2)c1CC(=O)O. The van der Waals surface area contributed by atoms with Gasteiger partial charge in [0.15, 0.2) is 5.75 Å². The number of carbonyl (C=O) groups is 1. The minimum atomic E-state index is -0.897. The summed E-state index contributed by atoms with van der Waals surface area (Å²) in [6.07, 6.45) is 5.85. The van der Waals surface area contributed by atoms with Crippen molar-refractivity contribution in [3.05, 3.63) is 70.4 Å². The number of carboxylic acid groups (broad SMARTS) is 1. The van der Waals surface area contributed by atoms with Crippen molar-refractivity contribution in [1.29, 1.82) is 0 Å². The van der Waals surface area contributed by atoms with Gasteiger partial charge in [0.2, 0.25) is 0 Å². The van der Waals surface area contributed by atoms with Crippen LogP contribution in [0.4, 0.5) is 10.1 Å². The highest BCUT2D eigenvalue weighted by Gasteiger charge is 2.29. The molecule has 0 radical (unpaired) electrons. The van der Waals surface area contributed by atoms with Gasteiger partial charge in [-0.2, -0.15) is 0 Å². The summed E-state index contributed by atoms with van der Waals surface area (Å²) >= 11 is 6.57. The van der Waals surface area contributed by atoms with Crippen LogP contribution < -0.4 is 9.64 Å². The standard InChI is InChI=1S/C28H31ClFN3O3.C4H10O/c1-18-21(14-26(34)35)27(33-11-9-28(2,3)10-12-33)22(16-31-18)24-15-23(29)25(17-32-24)36-13-8-19-4-6-20(30)7-5-19;1-4(2,3)5/h4-7,15-17H,8-14H2,1-3H3,(H,34,35);5H,1-3H3. The second-order valence-electron chi connectivity index (χ2n) is 12.2. The molecule has 0 aliphatic carbocycles. The molecule has 7 nitrogen and oxygen atoms in total. The van der Waals surface area contributed by atoms with Gasteiger partial charge in [-0.25, -0.2) is 4.39 Å². The number of hydrogen-bond donors (Lipinski definition) is 2. The van der Waals surface area contributed by atoms with E-state index in [0.29, 0.717) is 40.8 Å². The molecule has 41 heavy (non-hydrogen) atoms. The quantitative estimate of drug-likeness (QED) is 0.297. The molecular formula is C32H41ClFN3O4. The molecule has 9 heteroatoms. The fourth-order valence-corrected chi connectivity index (χ4v) is 4.69. The summed E-state index contributed by atoms with van der Waals surface area (Å²) in [7, 11) is 0. The van der Waals surface area contributed by atoms with Gasteiger partial charge in [0.25, 0.3) is 0 Å². The van der Waals surface area contributed by atoms with Gasteiger partial charge in [0.05, 0.1) is 41.2 Å². The number of aliphatic hydroxyl groups is 1. The minimum Gasteiger partial charge on any atom is -0.490 e. The number of ether oxygens (including phenoxy) is 1. The number of rotatable bonds is 8. The van der Waals surface area contributed by atoms with E-state index in [1.807, 2.05) is 6.92 Å². The number of piperidine rings is 1. The number of nitrogens with zero attached hydrogens (tertiary/aromatic N) is 3. The van der Waals surface area contributed by atoms with Crippen molar-refractivity contribution in [3.8, 4) is 17.0 Å². The van der Waals surface area contributed by atoms with Crippen LogP contribution in [0.15, 0.2) is 42.7 Å². The summed E-state index contributed by atoms with van der Waals surface area (Å²) in [5.41, 5.74) is 4.36. The van der Waals surface area contributed by atoms with Crippen LogP contribution in [0, 0.1) is 18.2 Å². The second kappa shape index (κ2) is 13.6. The number of aromatic nitrogens is 2. The zero-order valence-electron chi connectivity index (χ0n) is 24.8. The summed E-state index contributed by atoms with van der Waals surface area (Å²) in [5, 5.41) is 18.5. The molecule has 0 spiro atoms. The summed E-state index contributed by atoms with van der Waals surface area (Å²) in [5.74, 6) is -0.714. The van der Waals surface area contributed by atoms with Gasteiger partial charge in [-0.1, -0.05) is 37.6 Å². The highest BCUT2D eigenvalue weighted by Crippen LogP contribution is 2.40. The molecule has 4 rings (SSSR count). The average Bonchev–Trinajstić information content (AvgIpc) is 2.86. The normalized spacial score (nSPS) is 14.7. The highest BCUT2D eigenvalue weighted by molar-refractivity contribution is 6.32. The predicted molar refractivity (Wildman–Crippen MR) is 161 cm³/mol. The van der Waals surface area contributed by atoms with Crippen molar-refractivity contribution in [2.75, 3.05) is 24.6 Å². The molecule has 1 saturated heterocycles. The van der Waals surface area contributed by atoms with E-state index in [0.717, 1.165) is 42.7 Å². The number of pyridine rings is 2. The van der Waals surface area contributed by atoms with E-state index in [1.54, 1.807) is 51.4 Å². The molecule has 2 N–H and O–H groups in total. The maximum Gasteiger partial charge on any atom is 0.307 e. The molecule has 2 aromatic heterocycles.